The van der Waals surface area contributed by atoms with E-state index in [9.17, 15) is 9.18 Å². The quantitative estimate of drug-likeness (QED) is 0.367. The fraction of sp³-hybridized carbons (Fsp3) is 0.640. The lowest BCUT2D eigenvalue weighted by atomic mass is 10.1. The Hall–Kier alpha value is -2.64. The second kappa shape index (κ2) is 11.5. The summed E-state index contributed by atoms with van der Waals surface area (Å²) in [6.45, 7) is 8.74. The molecule has 0 unspecified atom stereocenters. The molecule has 0 bridgehead atoms. The molecule has 1 aromatic heterocycles. The molecule has 3 rings (SSSR count). The minimum atomic E-state index is -0.583. The van der Waals surface area contributed by atoms with Crippen LogP contribution in [0.4, 0.5) is 9.18 Å². The molecule has 0 saturated carbocycles. The second-order valence-electron chi connectivity index (χ2n) is 9.55. The molecule has 1 saturated heterocycles. The van der Waals surface area contributed by atoms with Crippen LogP contribution in [0.1, 0.15) is 91.0 Å². The van der Waals surface area contributed by atoms with Crippen molar-refractivity contribution in [2.75, 3.05) is 13.2 Å². The molecule has 0 radical (unpaired) electrons. The number of benzene rings is 1. The van der Waals surface area contributed by atoms with E-state index < -0.39 is 17.5 Å². The molecule has 1 aliphatic heterocycles. The molecule has 8 heteroatoms. The Kier molecular flexibility index (Phi) is 8.69. The van der Waals surface area contributed by atoms with Crippen LogP contribution in [0, 0.1) is 5.82 Å². The fourth-order valence-corrected chi connectivity index (χ4v) is 3.87. The number of hydrogen-bond acceptors (Lipinski definition) is 6. The Bertz CT molecular complexity index is 909. The molecule has 1 amide bonds. The van der Waals surface area contributed by atoms with Crippen molar-refractivity contribution in [2.45, 2.75) is 90.7 Å². The van der Waals surface area contributed by atoms with Gasteiger partial charge in [0.25, 0.3) is 0 Å². The van der Waals surface area contributed by atoms with Crippen LogP contribution in [-0.4, -0.2) is 39.9 Å². The molecule has 0 N–H and O–H groups in total. The van der Waals surface area contributed by atoms with E-state index in [2.05, 4.69) is 17.1 Å². The first-order valence-corrected chi connectivity index (χ1v) is 12.0. The summed E-state index contributed by atoms with van der Waals surface area (Å²) in [6, 6.07) is 4.33. The smallest absolute Gasteiger partial charge is 0.410 e. The van der Waals surface area contributed by atoms with E-state index in [4.69, 9.17) is 14.0 Å². The van der Waals surface area contributed by atoms with Gasteiger partial charge in [0.2, 0.25) is 11.7 Å². The van der Waals surface area contributed by atoms with Gasteiger partial charge in [-0.3, -0.25) is 4.90 Å². The van der Waals surface area contributed by atoms with E-state index in [1.54, 1.807) is 17.0 Å². The summed E-state index contributed by atoms with van der Waals surface area (Å²) >= 11 is 0. The minimum Gasteiger partial charge on any atom is -0.491 e. The number of halogens is 1. The average Bonchev–Trinajstić information content (AvgIpc) is 3.42. The Balaban J connectivity index is 1.58. The van der Waals surface area contributed by atoms with Gasteiger partial charge in [-0.25, -0.2) is 9.18 Å². The van der Waals surface area contributed by atoms with E-state index in [0.29, 0.717) is 31.0 Å². The SMILES string of the molecule is CCCCCCCCOc1ccc(-c2noc([C@@H]3CCCN3C(=O)OC(C)(C)C)n2)cc1F. The van der Waals surface area contributed by atoms with Gasteiger partial charge in [0.1, 0.15) is 11.6 Å². The highest BCUT2D eigenvalue weighted by Gasteiger charge is 2.36. The number of nitrogens with zero attached hydrogens (tertiary/aromatic N) is 3. The van der Waals surface area contributed by atoms with Gasteiger partial charge < -0.3 is 14.0 Å². The van der Waals surface area contributed by atoms with Gasteiger partial charge in [0.15, 0.2) is 11.6 Å². The molecule has 1 aromatic carbocycles. The molecule has 2 aromatic rings. The largest absolute Gasteiger partial charge is 0.491 e. The van der Waals surface area contributed by atoms with Crippen LogP contribution in [0.2, 0.25) is 0 Å². The Morgan fingerprint density at radius 2 is 1.97 bits per heavy atom. The standard InChI is InChI=1S/C25H36FN3O4/c1-5-6-7-8-9-10-16-31-21-14-13-18(17-19(21)26)22-27-23(33-28-22)20-12-11-15-29(20)24(30)32-25(2,3)4/h13-14,17,20H,5-12,15-16H2,1-4H3/t20-/m0/s1. The first kappa shape index (κ1) is 25.0. The number of ether oxygens (including phenoxy) is 2. The molecule has 7 nitrogen and oxygen atoms in total. The van der Waals surface area contributed by atoms with Crippen LogP contribution >= 0.6 is 0 Å². The van der Waals surface area contributed by atoms with Crippen LogP contribution < -0.4 is 4.74 Å². The van der Waals surface area contributed by atoms with Crippen LogP contribution in [0.3, 0.4) is 0 Å². The van der Waals surface area contributed by atoms with Crippen molar-refractivity contribution >= 4 is 6.09 Å². The zero-order valence-electron chi connectivity index (χ0n) is 20.2. The first-order chi connectivity index (χ1) is 15.8. The third kappa shape index (κ3) is 7.17. The number of hydrogen-bond donors (Lipinski definition) is 0. The van der Waals surface area contributed by atoms with Crippen LogP contribution in [0.25, 0.3) is 11.4 Å². The van der Waals surface area contributed by atoms with Gasteiger partial charge in [0.05, 0.1) is 6.61 Å². The molecule has 1 atom stereocenters. The van der Waals surface area contributed by atoms with Gasteiger partial charge in [-0.1, -0.05) is 44.2 Å². The van der Waals surface area contributed by atoms with Crippen LogP contribution in [-0.2, 0) is 4.74 Å². The lowest BCUT2D eigenvalue weighted by Gasteiger charge is -2.26. The third-order valence-corrected chi connectivity index (χ3v) is 5.55. The van der Waals surface area contributed by atoms with Gasteiger partial charge in [-0.2, -0.15) is 4.98 Å². The number of unbranched alkanes of at least 4 members (excludes halogenated alkanes) is 5. The van der Waals surface area contributed by atoms with Gasteiger partial charge >= 0.3 is 6.09 Å². The van der Waals surface area contributed by atoms with Crippen LogP contribution in [0.5, 0.6) is 5.75 Å². The molecule has 0 aliphatic carbocycles. The van der Waals surface area contributed by atoms with Crippen molar-refractivity contribution in [3.63, 3.8) is 0 Å². The summed E-state index contributed by atoms with van der Waals surface area (Å²) in [6.07, 6.45) is 8.03. The highest BCUT2D eigenvalue weighted by Crippen LogP contribution is 2.33. The molecule has 1 fully saturated rings. The Labute approximate surface area is 195 Å². The summed E-state index contributed by atoms with van der Waals surface area (Å²) < 4.78 is 31.1. The summed E-state index contributed by atoms with van der Waals surface area (Å²) in [5, 5.41) is 4.01. The van der Waals surface area contributed by atoms with E-state index in [1.165, 1.54) is 31.7 Å². The lowest BCUT2D eigenvalue weighted by Crippen LogP contribution is -2.36. The lowest BCUT2D eigenvalue weighted by molar-refractivity contribution is 0.0199. The average molecular weight is 462 g/mol. The zero-order chi connectivity index (χ0) is 23.8. The second-order valence-corrected chi connectivity index (χ2v) is 9.55. The maximum absolute atomic E-state index is 14.6. The topological polar surface area (TPSA) is 77.7 Å². The fourth-order valence-electron chi connectivity index (χ4n) is 3.87. The van der Waals surface area contributed by atoms with E-state index >= 15 is 0 Å². The van der Waals surface area contributed by atoms with Crippen molar-refractivity contribution in [1.29, 1.82) is 0 Å². The van der Waals surface area contributed by atoms with Crippen molar-refractivity contribution in [3.8, 4) is 17.1 Å². The Morgan fingerprint density at radius 3 is 2.70 bits per heavy atom. The van der Waals surface area contributed by atoms with E-state index in [0.717, 1.165) is 19.3 Å². The third-order valence-electron chi connectivity index (χ3n) is 5.55. The van der Waals surface area contributed by atoms with Crippen molar-refractivity contribution in [1.82, 2.24) is 15.0 Å². The monoisotopic (exact) mass is 461 g/mol. The summed E-state index contributed by atoms with van der Waals surface area (Å²) in [4.78, 5) is 18.6. The van der Waals surface area contributed by atoms with E-state index in [1.807, 2.05) is 20.8 Å². The number of rotatable bonds is 10. The number of carbonyl (C=O) groups excluding carboxylic acids is 1. The minimum absolute atomic E-state index is 0.225. The highest BCUT2D eigenvalue weighted by atomic mass is 19.1. The van der Waals surface area contributed by atoms with Crippen LogP contribution in [0.15, 0.2) is 22.7 Å². The maximum atomic E-state index is 14.6. The first-order valence-electron chi connectivity index (χ1n) is 12.0. The zero-order valence-corrected chi connectivity index (χ0v) is 20.2. The number of aromatic nitrogens is 2. The highest BCUT2D eigenvalue weighted by molar-refractivity contribution is 5.69. The molecular weight excluding hydrogens is 425 g/mol. The van der Waals surface area contributed by atoms with Gasteiger partial charge in [0, 0.05) is 12.1 Å². The van der Waals surface area contributed by atoms with Crippen molar-refractivity contribution in [2.24, 2.45) is 0 Å². The number of amides is 1. The van der Waals surface area contributed by atoms with Gasteiger partial charge in [-0.05, 0) is 58.2 Å². The summed E-state index contributed by atoms with van der Waals surface area (Å²) in [5.41, 5.74) is -0.0862. The van der Waals surface area contributed by atoms with Crippen molar-refractivity contribution < 1.29 is 23.2 Å². The molecular formula is C25H36FN3O4. The Morgan fingerprint density at radius 1 is 1.21 bits per heavy atom. The predicted octanol–water partition coefficient (Wildman–Crippen LogP) is 6.69. The maximum Gasteiger partial charge on any atom is 0.410 e. The van der Waals surface area contributed by atoms with Crippen molar-refractivity contribution in [3.05, 3.63) is 29.9 Å². The molecule has 2 heterocycles. The number of carbonyl (C=O) groups is 1. The number of likely N-dealkylation sites (tertiary alicyclic amines) is 1. The van der Waals surface area contributed by atoms with E-state index in [-0.39, 0.29) is 17.6 Å². The predicted molar refractivity (Wildman–Crippen MR) is 123 cm³/mol. The molecule has 182 valence electrons. The van der Waals surface area contributed by atoms with Gasteiger partial charge in [-0.15, -0.1) is 0 Å². The summed E-state index contributed by atoms with van der Waals surface area (Å²) in [5.74, 6) is 0.378. The molecule has 33 heavy (non-hydrogen) atoms. The summed E-state index contributed by atoms with van der Waals surface area (Å²) in [7, 11) is 0. The normalized spacial score (nSPS) is 16.3. The molecule has 0 spiro atoms. The molecule has 1 aliphatic rings.